The van der Waals surface area contributed by atoms with Crippen LogP contribution < -0.4 is 4.90 Å². The van der Waals surface area contributed by atoms with E-state index in [-0.39, 0.29) is 6.54 Å². The number of anilines is 1. The highest BCUT2D eigenvalue weighted by Gasteiger charge is 2.12. The predicted octanol–water partition coefficient (Wildman–Crippen LogP) is 1.42. The van der Waals surface area contributed by atoms with Crippen LogP contribution in [0.1, 0.15) is 18.4 Å². The summed E-state index contributed by atoms with van der Waals surface area (Å²) in [4.78, 5) is 21.0. The van der Waals surface area contributed by atoms with E-state index in [1.807, 2.05) is 13.0 Å². The number of hydrogen-bond acceptors (Lipinski definition) is 4. The van der Waals surface area contributed by atoms with Gasteiger partial charge in [0.15, 0.2) is 0 Å². The Labute approximate surface area is 101 Å². The Kier molecular flexibility index (Phi) is 4.63. The van der Waals surface area contributed by atoms with Crippen LogP contribution in [0.15, 0.2) is 18.7 Å². The van der Waals surface area contributed by atoms with Crippen LogP contribution in [0.25, 0.3) is 0 Å². The number of carboxylic acid groups (broad SMARTS) is 1. The lowest BCUT2D eigenvalue weighted by Gasteiger charge is -2.20. The van der Waals surface area contributed by atoms with Crippen molar-refractivity contribution in [2.24, 2.45) is 0 Å². The van der Waals surface area contributed by atoms with Crippen molar-refractivity contribution >= 4 is 11.8 Å². The third-order valence-corrected chi connectivity index (χ3v) is 2.24. The molecule has 5 nitrogen and oxygen atoms in total. The topological polar surface area (TPSA) is 66.3 Å². The van der Waals surface area contributed by atoms with E-state index in [9.17, 15) is 4.79 Å². The van der Waals surface area contributed by atoms with E-state index in [1.165, 1.54) is 0 Å². The summed E-state index contributed by atoms with van der Waals surface area (Å²) in [5.41, 5.74) is 0.909. The van der Waals surface area contributed by atoms with Crippen LogP contribution in [0.3, 0.4) is 0 Å². The lowest BCUT2D eigenvalue weighted by atomic mass is 10.3. The molecule has 0 aliphatic heterocycles. The Morgan fingerprint density at radius 3 is 2.82 bits per heavy atom. The Morgan fingerprint density at radius 1 is 1.59 bits per heavy atom. The summed E-state index contributed by atoms with van der Waals surface area (Å²) in [6, 6.07) is 1.82. The van der Waals surface area contributed by atoms with Gasteiger partial charge in [-0.3, -0.25) is 4.79 Å². The number of carboxylic acids is 1. The third kappa shape index (κ3) is 3.86. The molecule has 1 heterocycles. The van der Waals surface area contributed by atoms with Crippen molar-refractivity contribution in [1.29, 1.82) is 0 Å². The Hall–Kier alpha value is -1.91. The summed E-state index contributed by atoms with van der Waals surface area (Å²) >= 11 is 0. The second kappa shape index (κ2) is 5.98. The number of aryl methyl sites for hydroxylation is 2. The van der Waals surface area contributed by atoms with Gasteiger partial charge in [0.2, 0.25) is 0 Å². The monoisotopic (exact) mass is 235 g/mol. The second-order valence-electron chi connectivity index (χ2n) is 3.68. The number of aliphatic carboxylic acids is 1. The molecule has 0 aromatic carbocycles. The summed E-state index contributed by atoms with van der Waals surface area (Å²) in [7, 11) is 0. The molecule has 1 aromatic rings. The van der Waals surface area contributed by atoms with Crippen LogP contribution in [-0.2, 0) is 11.2 Å². The van der Waals surface area contributed by atoms with Crippen molar-refractivity contribution in [1.82, 2.24) is 9.97 Å². The minimum atomic E-state index is -0.888. The fourth-order valence-electron chi connectivity index (χ4n) is 1.51. The number of hydrogen-bond donors (Lipinski definition) is 1. The number of carbonyl (C=O) groups is 1. The Morgan fingerprint density at radius 2 is 2.29 bits per heavy atom. The largest absolute Gasteiger partial charge is 0.480 e. The van der Waals surface area contributed by atoms with Crippen LogP contribution in [0.4, 0.5) is 5.82 Å². The van der Waals surface area contributed by atoms with Crippen LogP contribution in [-0.4, -0.2) is 34.1 Å². The van der Waals surface area contributed by atoms with E-state index < -0.39 is 5.97 Å². The Balaban J connectivity index is 3.03. The summed E-state index contributed by atoms with van der Waals surface area (Å²) in [6.45, 7) is 7.78. The summed E-state index contributed by atoms with van der Waals surface area (Å²) < 4.78 is 0. The second-order valence-corrected chi connectivity index (χ2v) is 3.68. The van der Waals surface area contributed by atoms with Gasteiger partial charge in [0, 0.05) is 18.3 Å². The van der Waals surface area contributed by atoms with Crippen molar-refractivity contribution in [3.63, 3.8) is 0 Å². The molecular formula is C12H17N3O2. The van der Waals surface area contributed by atoms with Gasteiger partial charge in [0.25, 0.3) is 0 Å². The number of rotatable bonds is 6. The van der Waals surface area contributed by atoms with Crippen molar-refractivity contribution < 1.29 is 9.90 Å². The summed E-state index contributed by atoms with van der Waals surface area (Å²) in [5, 5.41) is 8.85. The van der Waals surface area contributed by atoms with Crippen molar-refractivity contribution in [2.45, 2.75) is 20.3 Å². The minimum Gasteiger partial charge on any atom is -0.480 e. The van der Waals surface area contributed by atoms with Gasteiger partial charge < -0.3 is 10.0 Å². The zero-order valence-electron chi connectivity index (χ0n) is 10.2. The van der Waals surface area contributed by atoms with Gasteiger partial charge in [-0.2, -0.15) is 0 Å². The van der Waals surface area contributed by atoms with Gasteiger partial charge in [0.05, 0.1) is 0 Å². The molecule has 17 heavy (non-hydrogen) atoms. The highest BCUT2D eigenvalue weighted by Crippen LogP contribution is 2.13. The van der Waals surface area contributed by atoms with Gasteiger partial charge in [-0.15, -0.1) is 6.58 Å². The molecule has 0 radical (unpaired) electrons. The van der Waals surface area contributed by atoms with E-state index in [0.717, 1.165) is 12.1 Å². The van der Waals surface area contributed by atoms with Crippen molar-refractivity contribution in [3.05, 3.63) is 30.2 Å². The third-order valence-electron chi connectivity index (χ3n) is 2.24. The zero-order chi connectivity index (χ0) is 12.8. The zero-order valence-corrected chi connectivity index (χ0v) is 10.2. The molecule has 1 rings (SSSR count). The highest BCUT2D eigenvalue weighted by atomic mass is 16.4. The van der Waals surface area contributed by atoms with E-state index in [1.54, 1.807) is 17.9 Å². The maximum atomic E-state index is 10.8. The van der Waals surface area contributed by atoms with E-state index >= 15 is 0 Å². The van der Waals surface area contributed by atoms with E-state index in [2.05, 4.69) is 16.5 Å². The van der Waals surface area contributed by atoms with Gasteiger partial charge in [-0.25, -0.2) is 9.97 Å². The average molecular weight is 235 g/mol. The molecule has 0 spiro atoms. The molecule has 0 aliphatic carbocycles. The standard InChI is InChI=1S/C12H17N3O2/c1-4-6-15(8-12(16)17)11-7-10(5-2)13-9(3)14-11/h4,7H,1,5-6,8H2,2-3H3,(H,16,17). The molecule has 5 heteroatoms. The maximum absolute atomic E-state index is 10.8. The smallest absolute Gasteiger partial charge is 0.323 e. The summed E-state index contributed by atoms with van der Waals surface area (Å²) in [5.74, 6) is 0.400. The maximum Gasteiger partial charge on any atom is 0.323 e. The molecule has 0 aliphatic rings. The van der Waals surface area contributed by atoms with Crippen molar-refractivity contribution in [2.75, 3.05) is 18.0 Å². The van der Waals surface area contributed by atoms with Gasteiger partial charge >= 0.3 is 5.97 Å². The molecule has 0 unspecified atom stereocenters. The lowest BCUT2D eigenvalue weighted by Crippen LogP contribution is -2.30. The molecule has 1 N–H and O–H groups in total. The molecule has 0 atom stereocenters. The van der Waals surface area contributed by atoms with Crippen LogP contribution in [0.5, 0.6) is 0 Å². The van der Waals surface area contributed by atoms with Crippen molar-refractivity contribution in [3.8, 4) is 0 Å². The first-order valence-corrected chi connectivity index (χ1v) is 5.49. The molecule has 0 fully saturated rings. The number of aromatic nitrogens is 2. The SMILES string of the molecule is C=CCN(CC(=O)O)c1cc(CC)nc(C)n1. The van der Waals surface area contributed by atoms with Gasteiger partial charge in [-0.1, -0.05) is 13.0 Å². The molecule has 0 bridgehead atoms. The quantitative estimate of drug-likeness (QED) is 0.755. The average Bonchev–Trinajstić information content (AvgIpc) is 2.27. The first kappa shape index (κ1) is 13.2. The molecule has 92 valence electrons. The van der Waals surface area contributed by atoms with Gasteiger partial charge in [-0.05, 0) is 13.3 Å². The molecular weight excluding hydrogens is 218 g/mol. The molecule has 0 amide bonds. The normalized spacial score (nSPS) is 10.0. The fourth-order valence-corrected chi connectivity index (χ4v) is 1.51. The van der Waals surface area contributed by atoms with E-state index in [0.29, 0.717) is 18.2 Å². The first-order chi connectivity index (χ1) is 8.06. The van der Waals surface area contributed by atoms with E-state index in [4.69, 9.17) is 5.11 Å². The lowest BCUT2D eigenvalue weighted by molar-refractivity contribution is -0.135. The first-order valence-electron chi connectivity index (χ1n) is 5.49. The summed E-state index contributed by atoms with van der Waals surface area (Å²) in [6.07, 6.45) is 2.46. The van der Waals surface area contributed by atoms with Crippen LogP contribution in [0.2, 0.25) is 0 Å². The Bertz CT molecular complexity index is 418. The highest BCUT2D eigenvalue weighted by molar-refractivity contribution is 5.73. The predicted molar refractivity (Wildman–Crippen MR) is 66.2 cm³/mol. The van der Waals surface area contributed by atoms with Crippen LogP contribution in [0, 0.1) is 6.92 Å². The molecule has 0 saturated carbocycles. The molecule has 0 saturated heterocycles. The number of nitrogens with zero attached hydrogens (tertiary/aromatic N) is 3. The fraction of sp³-hybridized carbons (Fsp3) is 0.417. The van der Waals surface area contributed by atoms with Crippen LogP contribution >= 0.6 is 0 Å². The minimum absolute atomic E-state index is 0.0916. The molecule has 1 aromatic heterocycles. The van der Waals surface area contributed by atoms with Gasteiger partial charge in [0.1, 0.15) is 18.2 Å².